The summed E-state index contributed by atoms with van der Waals surface area (Å²) in [5, 5.41) is 8.63. The molecular formula is C22H16FN5O2S. The summed E-state index contributed by atoms with van der Waals surface area (Å²) in [7, 11) is 0. The fourth-order valence-corrected chi connectivity index (χ4v) is 4.14. The van der Waals surface area contributed by atoms with Gasteiger partial charge in [0.05, 0.1) is 16.8 Å². The van der Waals surface area contributed by atoms with Crippen molar-refractivity contribution in [1.82, 2.24) is 24.4 Å². The van der Waals surface area contributed by atoms with Crippen molar-refractivity contribution >= 4 is 22.4 Å². The van der Waals surface area contributed by atoms with Crippen LogP contribution in [0.25, 0.3) is 28.0 Å². The van der Waals surface area contributed by atoms with E-state index in [0.29, 0.717) is 32.9 Å². The van der Waals surface area contributed by atoms with Crippen LogP contribution in [0.5, 0.6) is 5.75 Å². The molecule has 2 aromatic carbocycles. The van der Waals surface area contributed by atoms with Gasteiger partial charge in [-0.15, -0.1) is 0 Å². The maximum absolute atomic E-state index is 14.5. The van der Waals surface area contributed by atoms with Crippen LogP contribution in [0, 0.1) is 5.82 Å². The number of hydrogen-bond acceptors (Lipinski definition) is 6. The minimum Gasteiger partial charge on any atom is -0.491 e. The van der Waals surface area contributed by atoms with E-state index >= 15 is 0 Å². The Labute approximate surface area is 179 Å². The predicted octanol–water partition coefficient (Wildman–Crippen LogP) is 3.09. The van der Waals surface area contributed by atoms with Crippen molar-refractivity contribution in [2.24, 2.45) is 0 Å². The summed E-state index contributed by atoms with van der Waals surface area (Å²) in [4.78, 5) is 17.2. The molecule has 7 nitrogen and oxygen atoms in total. The van der Waals surface area contributed by atoms with Gasteiger partial charge in [0, 0.05) is 17.3 Å². The monoisotopic (exact) mass is 433 g/mol. The van der Waals surface area contributed by atoms with E-state index in [4.69, 9.17) is 4.74 Å². The standard InChI is InChI=1S/C22H16FN5O2S/c1-2-30-18-9-8-14(10-17(18)23)20-15(12-27(26-20)16-6-4-3-5-7-16)11-19-21(29)28-22(31-19)24-13-25-28/h3-13H,2H2,1H3/b19-11-. The third-order valence-corrected chi connectivity index (χ3v) is 5.65. The molecule has 0 aliphatic heterocycles. The number of hydrogen-bond donors (Lipinski definition) is 0. The van der Waals surface area contributed by atoms with Crippen molar-refractivity contribution in [3.63, 3.8) is 0 Å². The molecule has 31 heavy (non-hydrogen) atoms. The van der Waals surface area contributed by atoms with E-state index in [9.17, 15) is 9.18 Å². The number of fused-ring (bicyclic) bond motifs is 1. The Morgan fingerprint density at radius 3 is 2.77 bits per heavy atom. The van der Waals surface area contributed by atoms with E-state index in [2.05, 4.69) is 15.2 Å². The highest BCUT2D eigenvalue weighted by Gasteiger charge is 2.15. The molecule has 0 amide bonds. The molecule has 9 heteroatoms. The molecule has 0 radical (unpaired) electrons. The van der Waals surface area contributed by atoms with Crippen LogP contribution in [0.1, 0.15) is 12.5 Å². The molecule has 0 aliphatic rings. The molecule has 0 aliphatic carbocycles. The van der Waals surface area contributed by atoms with E-state index in [0.717, 1.165) is 5.69 Å². The molecule has 0 N–H and O–H groups in total. The molecule has 5 aromatic rings. The molecular weight excluding hydrogens is 417 g/mol. The molecule has 0 atom stereocenters. The molecule has 0 saturated carbocycles. The van der Waals surface area contributed by atoms with Gasteiger partial charge in [0.15, 0.2) is 11.6 Å². The third-order valence-electron chi connectivity index (χ3n) is 4.68. The van der Waals surface area contributed by atoms with E-state index in [1.54, 1.807) is 29.8 Å². The summed E-state index contributed by atoms with van der Waals surface area (Å²) >= 11 is 1.24. The number of aromatic nitrogens is 5. The molecule has 0 fully saturated rings. The zero-order valence-electron chi connectivity index (χ0n) is 16.4. The second-order valence-corrected chi connectivity index (χ2v) is 7.67. The predicted molar refractivity (Wildman–Crippen MR) is 116 cm³/mol. The number of nitrogens with zero attached hydrogens (tertiary/aromatic N) is 5. The van der Waals surface area contributed by atoms with Gasteiger partial charge in [-0.25, -0.2) is 14.1 Å². The quantitative estimate of drug-likeness (QED) is 0.426. The first-order valence-electron chi connectivity index (χ1n) is 9.56. The largest absolute Gasteiger partial charge is 0.491 e. The first kappa shape index (κ1) is 19.1. The summed E-state index contributed by atoms with van der Waals surface area (Å²) in [5.74, 6) is -0.283. The summed E-state index contributed by atoms with van der Waals surface area (Å²) in [6, 6.07) is 14.3. The van der Waals surface area contributed by atoms with Crippen LogP contribution < -0.4 is 14.8 Å². The molecule has 154 valence electrons. The minimum absolute atomic E-state index is 0.187. The van der Waals surface area contributed by atoms with Crippen LogP contribution in [0.3, 0.4) is 0 Å². The molecule has 0 bridgehead atoms. The van der Waals surface area contributed by atoms with Crippen LogP contribution in [0.4, 0.5) is 4.39 Å². The molecule has 0 spiro atoms. The first-order valence-corrected chi connectivity index (χ1v) is 10.4. The summed E-state index contributed by atoms with van der Waals surface area (Å²) in [5.41, 5.74) is 2.39. The number of rotatable bonds is 5. The van der Waals surface area contributed by atoms with Gasteiger partial charge in [0.25, 0.3) is 5.56 Å². The van der Waals surface area contributed by atoms with Crippen molar-refractivity contribution in [1.29, 1.82) is 0 Å². The molecule has 0 saturated heterocycles. The third kappa shape index (κ3) is 3.49. The zero-order valence-corrected chi connectivity index (χ0v) is 17.2. The fraction of sp³-hybridized carbons (Fsp3) is 0.0909. The van der Waals surface area contributed by atoms with Gasteiger partial charge in [0.2, 0.25) is 4.96 Å². The highest BCUT2D eigenvalue weighted by atomic mass is 32.1. The van der Waals surface area contributed by atoms with E-state index < -0.39 is 5.82 Å². The van der Waals surface area contributed by atoms with E-state index in [1.807, 2.05) is 36.5 Å². The Hall–Kier alpha value is -3.85. The Bertz CT molecular complexity index is 1490. The van der Waals surface area contributed by atoms with Crippen molar-refractivity contribution in [2.45, 2.75) is 6.92 Å². The highest BCUT2D eigenvalue weighted by Crippen LogP contribution is 2.28. The second kappa shape index (κ2) is 7.77. The number of ether oxygens (including phenoxy) is 1. The average Bonchev–Trinajstić information content (AvgIpc) is 3.48. The normalized spacial score (nSPS) is 12.0. The Balaban J connectivity index is 1.70. The molecule has 3 aromatic heterocycles. The van der Waals surface area contributed by atoms with Gasteiger partial charge in [-0.1, -0.05) is 29.5 Å². The maximum atomic E-state index is 14.5. The second-order valence-electron chi connectivity index (χ2n) is 6.66. The van der Waals surface area contributed by atoms with Gasteiger partial charge in [-0.2, -0.15) is 14.7 Å². The Kier molecular flexibility index (Phi) is 4.79. The number of benzene rings is 2. The van der Waals surface area contributed by atoms with Crippen LogP contribution >= 0.6 is 11.3 Å². The average molecular weight is 433 g/mol. The van der Waals surface area contributed by atoms with Crippen LogP contribution in [-0.4, -0.2) is 31.0 Å². The van der Waals surface area contributed by atoms with Crippen molar-refractivity contribution in [2.75, 3.05) is 6.61 Å². The van der Waals surface area contributed by atoms with Crippen molar-refractivity contribution in [3.05, 3.63) is 87.3 Å². The summed E-state index contributed by atoms with van der Waals surface area (Å²) in [6.45, 7) is 2.17. The lowest BCUT2D eigenvalue weighted by molar-refractivity contribution is 0.321. The number of halogens is 1. The first-order chi connectivity index (χ1) is 15.1. The number of thiazole rings is 1. The molecule has 5 rings (SSSR count). The van der Waals surface area contributed by atoms with Crippen LogP contribution in [0.15, 0.2) is 65.8 Å². The Morgan fingerprint density at radius 1 is 1.19 bits per heavy atom. The number of para-hydroxylation sites is 1. The van der Waals surface area contributed by atoms with E-state index in [-0.39, 0.29) is 11.3 Å². The topological polar surface area (TPSA) is 74.3 Å². The van der Waals surface area contributed by atoms with Gasteiger partial charge in [-0.05, 0) is 43.3 Å². The maximum Gasteiger partial charge on any atom is 0.291 e. The smallest absolute Gasteiger partial charge is 0.291 e. The van der Waals surface area contributed by atoms with Gasteiger partial charge in [0.1, 0.15) is 12.0 Å². The lowest BCUT2D eigenvalue weighted by Gasteiger charge is -2.06. The van der Waals surface area contributed by atoms with Crippen LogP contribution in [0.2, 0.25) is 0 Å². The zero-order chi connectivity index (χ0) is 21.4. The van der Waals surface area contributed by atoms with Crippen LogP contribution in [-0.2, 0) is 0 Å². The minimum atomic E-state index is -0.470. The summed E-state index contributed by atoms with van der Waals surface area (Å²) in [6.07, 6.45) is 4.90. The lowest BCUT2D eigenvalue weighted by Crippen LogP contribution is -2.23. The van der Waals surface area contributed by atoms with Gasteiger partial charge < -0.3 is 4.74 Å². The summed E-state index contributed by atoms with van der Waals surface area (Å²) < 4.78 is 23.3. The van der Waals surface area contributed by atoms with Gasteiger partial charge >= 0.3 is 0 Å². The fourth-order valence-electron chi connectivity index (χ4n) is 3.27. The highest BCUT2D eigenvalue weighted by molar-refractivity contribution is 7.15. The lowest BCUT2D eigenvalue weighted by atomic mass is 10.1. The van der Waals surface area contributed by atoms with E-state index in [1.165, 1.54) is 28.2 Å². The van der Waals surface area contributed by atoms with Crippen molar-refractivity contribution in [3.8, 4) is 22.7 Å². The van der Waals surface area contributed by atoms with Gasteiger partial charge in [-0.3, -0.25) is 4.79 Å². The molecule has 3 heterocycles. The molecule has 0 unspecified atom stereocenters. The Morgan fingerprint density at radius 2 is 2.03 bits per heavy atom. The SMILES string of the molecule is CCOc1ccc(-c2nn(-c3ccccc3)cc2/C=c2\sc3ncnn3c2=O)cc1F. The van der Waals surface area contributed by atoms with Crippen molar-refractivity contribution < 1.29 is 9.13 Å².